The summed E-state index contributed by atoms with van der Waals surface area (Å²) in [6.45, 7) is 3.58. The summed E-state index contributed by atoms with van der Waals surface area (Å²) in [6.07, 6.45) is 0. The summed E-state index contributed by atoms with van der Waals surface area (Å²) in [4.78, 5) is 24.4. The molecule has 0 aliphatic carbocycles. The van der Waals surface area contributed by atoms with Crippen molar-refractivity contribution in [1.82, 2.24) is 14.7 Å². The minimum Gasteiger partial charge on any atom is -0.324 e. The zero-order valence-corrected chi connectivity index (χ0v) is 14.4. The van der Waals surface area contributed by atoms with Gasteiger partial charge in [0.1, 0.15) is 11.4 Å². The summed E-state index contributed by atoms with van der Waals surface area (Å²) in [5, 5.41) is 18.4. The van der Waals surface area contributed by atoms with Crippen molar-refractivity contribution in [1.29, 1.82) is 0 Å². The maximum atomic E-state index is 12.1. The second-order valence-corrected chi connectivity index (χ2v) is 5.87. The number of likely N-dealkylation sites (N-methyl/N-ethyl adjacent to an activating group) is 1. The van der Waals surface area contributed by atoms with Gasteiger partial charge >= 0.3 is 5.69 Å². The van der Waals surface area contributed by atoms with Gasteiger partial charge in [0, 0.05) is 0 Å². The highest BCUT2D eigenvalue weighted by Gasteiger charge is 2.22. The van der Waals surface area contributed by atoms with E-state index in [2.05, 4.69) is 10.4 Å². The Kier molecular flexibility index (Phi) is 5.53. The molecular weight excluding hydrogens is 334 g/mol. The fourth-order valence-corrected chi connectivity index (χ4v) is 2.55. The number of aryl methyl sites for hydroxylation is 1. The number of anilines is 1. The van der Waals surface area contributed by atoms with Gasteiger partial charge in [0.2, 0.25) is 5.91 Å². The summed E-state index contributed by atoms with van der Waals surface area (Å²) in [5.74, 6) is -0.235. The van der Waals surface area contributed by atoms with Crippen LogP contribution in [-0.2, 0) is 11.5 Å². The lowest BCUT2D eigenvalue weighted by molar-refractivity contribution is -0.386. The van der Waals surface area contributed by atoms with Crippen molar-refractivity contribution in [3.63, 3.8) is 0 Å². The lowest BCUT2D eigenvalue weighted by atomic mass is 10.3. The van der Waals surface area contributed by atoms with E-state index in [1.165, 1.54) is 4.68 Å². The molecule has 0 unspecified atom stereocenters. The van der Waals surface area contributed by atoms with Gasteiger partial charge < -0.3 is 5.32 Å². The van der Waals surface area contributed by atoms with Crippen molar-refractivity contribution >= 4 is 28.9 Å². The largest absolute Gasteiger partial charge is 0.324 e. The van der Waals surface area contributed by atoms with Gasteiger partial charge in [-0.1, -0.05) is 23.7 Å². The average Bonchev–Trinajstić information content (AvgIpc) is 2.75. The first-order chi connectivity index (χ1) is 11.3. The molecule has 0 fully saturated rings. The molecule has 0 spiro atoms. The van der Waals surface area contributed by atoms with Crippen molar-refractivity contribution in [3.8, 4) is 0 Å². The summed E-state index contributed by atoms with van der Waals surface area (Å²) in [5.41, 5.74) is 1.35. The number of nitro groups is 1. The molecule has 2 aromatic rings. The number of nitrogens with one attached hydrogen (secondary N) is 1. The van der Waals surface area contributed by atoms with Crippen LogP contribution in [0.3, 0.4) is 0 Å². The smallest absolute Gasteiger partial charge is 0.312 e. The number of rotatable bonds is 6. The standard InChI is InChI=1S/C15H18ClN5O3/c1-10-15(21(23)24)11(2)20(18-10)9-19(3)8-14(22)17-13-7-5-4-6-12(13)16/h4-7H,8-9H2,1-3H3,(H,17,22). The van der Waals surface area contributed by atoms with Crippen LogP contribution >= 0.6 is 11.6 Å². The molecule has 9 heteroatoms. The number of aromatic nitrogens is 2. The lowest BCUT2D eigenvalue weighted by Crippen LogP contribution is -2.32. The Bertz CT molecular complexity index is 774. The second kappa shape index (κ2) is 7.41. The highest BCUT2D eigenvalue weighted by Crippen LogP contribution is 2.22. The van der Waals surface area contributed by atoms with Crippen LogP contribution in [0.1, 0.15) is 11.4 Å². The number of carbonyl (C=O) groups is 1. The Morgan fingerprint density at radius 1 is 1.42 bits per heavy atom. The van der Waals surface area contributed by atoms with Crippen molar-refractivity contribution in [2.75, 3.05) is 18.9 Å². The third-order valence-electron chi connectivity index (χ3n) is 3.46. The molecular formula is C15H18ClN5O3. The highest BCUT2D eigenvalue weighted by atomic mass is 35.5. The number of hydrogen-bond acceptors (Lipinski definition) is 5. The van der Waals surface area contributed by atoms with Crippen LogP contribution in [0, 0.1) is 24.0 Å². The van der Waals surface area contributed by atoms with E-state index in [0.717, 1.165) is 0 Å². The van der Waals surface area contributed by atoms with Gasteiger partial charge in [-0.3, -0.25) is 19.8 Å². The molecule has 128 valence electrons. The topological polar surface area (TPSA) is 93.3 Å². The quantitative estimate of drug-likeness (QED) is 0.637. The Morgan fingerprint density at radius 3 is 2.67 bits per heavy atom. The van der Waals surface area contributed by atoms with Crippen molar-refractivity contribution in [2.45, 2.75) is 20.5 Å². The monoisotopic (exact) mass is 351 g/mol. The predicted octanol–water partition coefficient (Wildman–Crippen LogP) is 2.59. The maximum absolute atomic E-state index is 12.1. The first-order valence-corrected chi connectivity index (χ1v) is 7.58. The van der Waals surface area contributed by atoms with E-state index in [1.807, 2.05) is 0 Å². The predicted molar refractivity (Wildman–Crippen MR) is 91.1 cm³/mol. The highest BCUT2D eigenvalue weighted by molar-refractivity contribution is 6.33. The Morgan fingerprint density at radius 2 is 2.08 bits per heavy atom. The number of benzene rings is 1. The average molecular weight is 352 g/mol. The molecule has 0 aliphatic rings. The molecule has 1 heterocycles. The molecule has 0 saturated heterocycles. The molecule has 1 aromatic carbocycles. The van der Waals surface area contributed by atoms with Crippen LogP contribution in [0.4, 0.5) is 11.4 Å². The molecule has 1 aromatic heterocycles. The number of hydrogen-bond donors (Lipinski definition) is 1. The number of carbonyl (C=O) groups excluding carboxylic acids is 1. The van der Waals surface area contributed by atoms with Crippen LogP contribution in [0.2, 0.25) is 5.02 Å². The van der Waals surface area contributed by atoms with E-state index in [0.29, 0.717) is 22.1 Å². The van der Waals surface area contributed by atoms with Crippen LogP contribution in [0.5, 0.6) is 0 Å². The summed E-state index contributed by atoms with van der Waals surface area (Å²) >= 11 is 6.00. The van der Waals surface area contributed by atoms with E-state index < -0.39 is 4.92 Å². The van der Waals surface area contributed by atoms with E-state index >= 15 is 0 Å². The normalized spacial score (nSPS) is 10.9. The zero-order valence-electron chi connectivity index (χ0n) is 13.6. The molecule has 0 saturated carbocycles. The Balaban J connectivity index is 2.00. The SMILES string of the molecule is Cc1nn(CN(C)CC(=O)Nc2ccccc2Cl)c(C)c1[N+](=O)[O-]. The van der Waals surface area contributed by atoms with E-state index in [4.69, 9.17) is 11.6 Å². The van der Waals surface area contributed by atoms with E-state index in [9.17, 15) is 14.9 Å². The number of halogens is 1. The second-order valence-electron chi connectivity index (χ2n) is 5.46. The minimum absolute atomic E-state index is 0.00363. The van der Waals surface area contributed by atoms with Crippen LogP contribution < -0.4 is 5.32 Å². The van der Waals surface area contributed by atoms with Crippen LogP contribution in [-0.4, -0.2) is 39.1 Å². The summed E-state index contributed by atoms with van der Waals surface area (Å²) in [6, 6.07) is 6.96. The molecule has 0 bridgehead atoms. The number of para-hydroxylation sites is 1. The molecule has 24 heavy (non-hydrogen) atoms. The van der Waals surface area contributed by atoms with Crippen LogP contribution in [0.15, 0.2) is 24.3 Å². The minimum atomic E-state index is -0.446. The van der Waals surface area contributed by atoms with Gasteiger partial charge in [-0.05, 0) is 33.0 Å². The lowest BCUT2D eigenvalue weighted by Gasteiger charge is -2.17. The van der Waals surface area contributed by atoms with Crippen molar-refractivity contribution < 1.29 is 9.72 Å². The van der Waals surface area contributed by atoms with E-state index in [1.54, 1.807) is 50.1 Å². The first-order valence-electron chi connectivity index (χ1n) is 7.21. The number of amides is 1. The third-order valence-corrected chi connectivity index (χ3v) is 3.79. The van der Waals surface area contributed by atoms with Crippen molar-refractivity contribution in [3.05, 3.63) is 50.8 Å². The maximum Gasteiger partial charge on any atom is 0.312 e. The number of nitrogens with zero attached hydrogens (tertiary/aromatic N) is 4. The van der Waals surface area contributed by atoms with Gasteiger partial charge in [0.15, 0.2) is 0 Å². The van der Waals surface area contributed by atoms with Gasteiger partial charge in [0.05, 0.1) is 28.8 Å². The molecule has 1 amide bonds. The Labute approximate surface area is 144 Å². The molecule has 2 rings (SSSR count). The van der Waals surface area contributed by atoms with Crippen molar-refractivity contribution in [2.24, 2.45) is 0 Å². The molecule has 1 N–H and O–H groups in total. The molecule has 0 atom stereocenters. The first kappa shape index (κ1) is 17.9. The van der Waals surface area contributed by atoms with Gasteiger partial charge in [0.25, 0.3) is 0 Å². The van der Waals surface area contributed by atoms with Gasteiger partial charge in [-0.2, -0.15) is 5.10 Å². The van der Waals surface area contributed by atoms with Gasteiger partial charge in [-0.25, -0.2) is 4.68 Å². The molecule has 8 nitrogen and oxygen atoms in total. The van der Waals surface area contributed by atoms with Gasteiger partial charge in [-0.15, -0.1) is 0 Å². The third kappa shape index (κ3) is 4.09. The fourth-order valence-electron chi connectivity index (χ4n) is 2.37. The van der Waals surface area contributed by atoms with E-state index in [-0.39, 0.29) is 24.8 Å². The molecule has 0 radical (unpaired) electrons. The molecule has 0 aliphatic heterocycles. The summed E-state index contributed by atoms with van der Waals surface area (Å²) in [7, 11) is 1.73. The zero-order chi connectivity index (χ0) is 17.9. The fraction of sp³-hybridized carbons (Fsp3) is 0.333. The summed E-state index contributed by atoms with van der Waals surface area (Å²) < 4.78 is 1.51. The Hall–Kier alpha value is -2.45. The van der Waals surface area contributed by atoms with Crippen LogP contribution in [0.25, 0.3) is 0 Å².